The van der Waals surface area contributed by atoms with E-state index in [1.165, 1.54) is 11.8 Å². The molecule has 0 radical (unpaired) electrons. The molecule has 0 saturated carbocycles. The van der Waals surface area contributed by atoms with Gasteiger partial charge in [-0.15, -0.1) is 0 Å². The van der Waals surface area contributed by atoms with Crippen molar-refractivity contribution in [3.05, 3.63) is 86.3 Å². The highest BCUT2D eigenvalue weighted by Gasteiger charge is 2.23. The first-order valence-electron chi connectivity index (χ1n) is 8.10. The maximum atomic E-state index is 6.44. The van der Waals surface area contributed by atoms with E-state index in [-0.39, 0.29) is 5.25 Å². The van der Waals surface area contributed by atoms with Gasteiger partial charge in [0.2, 0.25) is 4.38 Å². The third kappa shape index (κ3) is 6.02. The Balaban J connectivity index is 1.75. The predicted octanol–water partition coefficient (Wildman–Crippen LogP) is 7.47. The summed E-state index contributed by atoms with van der Waals surface area (Å²) in [6.07, 6.45) is 5.30. The summed E-state index contributed by atoms with van der Waals surface area (Å²) in [5.74, 6) is 0. The normalized spacial score (nSPS) is 12.0. The second kappa shape index (κ2) is 10.2. The molecule has 1 atom stereocenters. The van der Waals surface area contributed by atoms with Gasteiger partial charge in [0.05, 0.1) is 11.6 Å². The monoisotopic (exact) mass is 490 g/mol. The topological polar surface area (TPSA) is 27.1 Å². The number of ether oxygens (including phenoxy) is 1. The number of nitrogens with zero attached hydrogens (tertiary/aromatic N) is 2. The van der Waals surface area contributed by atoms with Crippen LogP contribution in [0.4, 0.5) is 0 Å². The lowest BCUT2D eigenvalue weighted by Crippen LogP contribution is -2.10. The van der Waals surface area contributed by atoms with E-state index in [0.717, 1.165) is 11.1 Å². The Morgan fingerprint density at radius 3 is 2.36 bits per heavy atom. The van der Waals surface area contributed by atoms with E-state index in [4.69, 9.17) is 63.4 Å². The lowest BCUT2D eigenvalue weighted by atomic mass is 10.1. The minimum Gasteiger partial charge on any atom is -0.474 e. The third-order valence-corrected chi connectivity index (χ3v) is 6.29. The molecule has 3 aromatic rings. The molecule has 0 spiro atoms. The largest absolute Gasteiger partial charge is 0.474 e. The number of thiocarbonyl (C=S) groups is 1. The van der Waals surface area contributed by atoms with E-state index in [1.54, 1.807) is 24.7 Å². The van der Waals surface area contributed by atoms with E-state index in [9.17, 15) is 0 Å². The van der Waals surface area contributed by atoms with Crippen molar-refractivity contribution in [1.82, 2.24) is 9.55 Å². The highest BCUT2D eigenvalue weighted by Crippen LogP contribution is 2.41. The minimum atomic E-state index is -0.177. The van der Waals surface area contributed by atoms with E-state index in [0.29, 0.717) is 37.6 Å². The van der Waals surface area contributed by atoms with Crippen LogP contribution in [0.5, 0.6) is 0 Å². The van der Waals surface area contributed by atoms with Crippen molar-refractivity contribution in [2.24, 2.45) is 0 Å². The van der Waals surface area contributed by atoms with Crippen molar-refractivity contribution in [3.63, 3.8) is 0 Å². The van der Waals surface area contributed by atoms with Crippen LogP contribution < -0.4 is 0 Å². The van der Waals surface area contributed by atoms with Gasteiger partial charge in [0.25, 0.3) is 0 Å². The van der Waals surface area contributed by atoms with Gasteiger partial charge in [-0.2, -0.15) is 0 Å². The maximum absolute atomic E-state index is 6.44. The first-order chi connectivity index (χ1) is 13.4. The SMILES string of the molecule is S=C(OCc1ccc(Cl)cc1)SC(Cn1ccnc1)c1c(Cl)cc(Cl)cc1Cl. The van der Waals surface area contributed by atoms with Crippen molar-refractivity contribution in [2.75, 3.05) is 0 Å². The van der Waals surface area contributed by atoms with Crippen LogP contribution in [0, 0.1) is 0 Å². The fourth-order valence-electron chi connectivity index (χ4n) is 2.51. The number of rotatable bonds is 6. The molecule has 0 amide bonds. The molecule has 0 aliphatic heterocycles. The van der Waals surface area contributed by atoms with E-state index >= 15 is 0 Å². The van der Waals surface area contributed by atoms with Crippen LogP contribution in [0.1, 0.15) is 16.4 Å². The standard InChI is InChI=1S/C19H14Cl4N2OS2/c20-13-3-1-12(2-4-13)10-26-19(27)28-17(9-25-6-5-24-11-25)18-15(22)7-14(21)8-16(18)23/h1-8,11,17H,9-10H2. The number of halogens is 4. The number of hydrogen-bond acceptors (Lipinski definition) is 4. The van der Waals surface area contributed by atoms with Crippen molar-refractivity contribution >= 4 is 74.8 Å². The highest BCUT2D eigenvalue weighted by atomic mass is 35.5. The highest BCUT2D eigenvalue weighted by molar-refractivity contribution is 8.22. The summed E-state index contributed by atoms with van der Waals surface area (Å²) in [4.78, 5) is 4.08. The molecule has 3 rings (SSSR count). The Hall–Kier alpha value is -0.950. The Labute approximate surface area is 192 Å². The maximum Gasteiger partial charge on any atom is 0.220 e. The number of thioether (sulfide) groups is 1. The molecule has 0 aliphatic rings. The summed E-state index contributed by atoms with van der Waals surface area (Å²) in [5.41, 5.74) is 1.73. The molecule has 146 valence electrons. The van der Waals surface area contributed by atoms with Crippen LogP contribution >= 0.6 is 70.4 Å². The molecule has 3 nitrogen and oxygen atoms in total. The van der Waals surface area contributed by atoms with Crippen molar-refractivity contribution in [3.8, 4) is 0 Å². The van der Waals surface area contributed by atoms with Gasteiger partial charge in [-0.05, 0) is 42.0 Å². The zero-order valence-corrected chi connectivity index (χ0v) is 19.0. The van der Waals surface area contributed by atoms with Gasteiger partial charge in [-0.25, -0.2) is 4.98 Å². The fourth-order valence-corrected chi connectivity index (χ4v) is 5.23. The van der Waals surface area contributed by atoms with Crippen molar-refractivity contribution < 1.29 is 4.74 Å². The van der Waals surface area contributed by atoms with Crippen LogP contribution in [0.15, 0.2) is 55.1 Å². The van der Waals surface area contributed by atoms with Crippen molar-refractivity contribution in [2.45, 2.75) is 18.4 Å². The zero-order valence-electron chi connectivity index (χ0n) is 14.3. The van der Waals surface area contributed by atoms with Crippen LogP contribution in [0.2, 0.25) is 20.1 Å². The number of imidazole rings is 1. The van der Waals surface area contributed by atoms with Gasteiger partial charge < -0.3 is 9.30 Å². The molecule has 1 aromatic heterocycles. The van der Waals surface area contributed by atoms with Gasteiger partial charge in [-0.1, -0.05) is 70.3 Å². The fraction of sp³-hybridized carbons (Fsp3) is 0.158. The summed E-state index contributed by atoms with van der Waals surface area (Å²) in [6.45, 7) is 0.916. The quantitative estimate of drug-likeness (QED) is 0.334. The number of hydrogen-bond donors (Lipinski definition) is 0. The average Bonchev–Trinajstić information content (AvgIpc) is 3.13. The molecular weight excluding hydrogens is 478 g/mol. The first-order valence-corrected chi connectivity index (χ1v) is 10.9. The summed E-state index contributed by atoms with van der Waals surface area (Å²) in [6, 6.07) is 10.8. The van der Waals surface area contributed by atoms with Gasteiger partial charge in [-0.3, -0.25) is 0 Å². The number of benzene rings is 2. The lowest BCUT2D eigenvalue weighted by Gasteiger charge is -2.21. The molecule has 0 bridgehead atoms. The molecular formula is C19H14Cl4N2OS2. The average molecular weight is 492 g/mol. The molecule has 9 heteroatoms. The third-order valence-electron chi connectivity index (χ3n) is 3.81. The van der Waals surface area contributed by atoms with Crippen LogP contribution in [-0.2, 0) is 17.9 Å². The van der Waals surface area contributed by atoms with E-state index < -0.39 is 0 Å². The lowest BCUT2D eigenvalue weighted by molar-refractivity contribution is 0.310. The summed E-state index contributed by atoms with van der Waals surface area (Å²) < 4.78 is 8.08. The van der Waals surface area contributed by atoms with E-state index in [1.807, 2.05) is 35.0 Å². The summed E-state index contributed by atoms with van der Waals surface area (Å²) in [7, 11) is 0. The second-order valence-electron chi connectivity index (χ2n) is 5.81. The van der Waals surface area contributed by atoms with Crippen LogP contribution in [0.3, 0.4) is 0 Å². The van der Waals surface area contributed by atoms with Gasteiger partial charge in [0, 0.05) is 44.6 Å². The first kappa shape index (κ1) is 21.8. The Bertz CT molecular complexity index is 926. The summed E-state index contributed by atoms with van der Waals surface area (Å²) in [5, 5.41) is 1.94. The summed E-state index contributed by atoms with van der Waals surface area (Å²) >= 11 is 31.7. The van der Waals surface area contributed by atoms with E-state index in [2.05, 4.69) is 4.98 Å². The molecule has 0 saturated heterocycles. The minimum absolute atomic E-state index is 0.177. The van der Waals surface area contributed by atoms with Crippen LogP contribution in [0.25, 0.3) is 0 Å². The Kier molecular flexibility index (Phi) is 7.92. The molecule has 28 heavy (non-hydrogen) atoms. The van der Waals surface area contributed by atoms with Crippen molar-refractivity contribution in [1.29, 1.82) is 0 Å². The molecule has 0 fully saturated rings. The molecule has 1 unspecified atom stereocenters. The molecule has 1 heterocycles. The number of aromatic nitrogens is 2. The molecule has 2 aromatic carbocycles. The van der Waals surface area contributed by atoms with Crippen LogP contribution in [-0.4, -0.2) is 13.9 Å². The predicted molar refractivity (Wildman–Crippen MR) is 123 cm³/mol. The Morgan fingerprint density at radius 2 is 1.75 bits per heavy atom. The van der Waals surface area contributed by atoms with Gasteiger partial charge in [0.15, 0.2) is 0 Å². The smallest absolute Gasteiger partial charge is 0.220 e. The second-order valence-corrected chi connectivity index (χ2v) is 9.31. The van der Waals surface area contributed by atoms with Gasteiger partial charge >= 0.3 is 0 Å². The Morgan fingerprint density at radius 1 is 1.07 bits per heavy atom. The molecule has 0 aliphatic carbocycles. The molecule has 0 N–H and O–H groups in total. The zero-order chi connectivity index (χ0) is 20.1. The van der Waals surface area contributed by atoms with Gasteiger partial charge in [0.1, 0.15) is 6.61 Å².